The quantitative estimate of drug-likeness (QED) is 0.862. The van der Waals surface area contributed by atoms with Gasteiger partial charge in [-0.3, -0.25) is 4.79 Å². The van der Waals surface area contributed by atoms with Gasteiger partial charge in [-0.15, -0.1) is 0 Å². The van der Waals surface area contributed by atoms with Crippen molar-refractivity contribution in [2.24, 2.45) is 0 Å². The molecule has 0 aliphatic rings. The molecule has 0 aliphatic carbocycles. The highest BCUT2D eigenvalue weighted by Crippen LogP contribution is 2.03. The van der Waals surface area contributed by atoms with Crippen LogP contribution >= 0.6 is 11.6 Å². The van der Waals surface area contributed by atoms with Gasteiger partial charge in [0.05, 0.1) is 17.6 Å². The van der Waals surface area contributed by atoms with Crippen molar-refractivity contribution < 1.29 is 13.2 Å². The number of aromatic nitrogens is 2. The fourth-order valence-corrected chi connectivity index (χ4v) is 1.43. The van der Waals surface area contributed by atoms with Gasteiger partial charge in [0, 0.05) is 0 Å². The number of carbonyl (C=O) groups is 1. The van der Waals surface area contributed by atoms with Gasteiger partial charge in [0.1, 0.15) is 10.8 Å². The van der Waals surface area contributed by atoms with Crippen molar-refractivity contribution in [3.05, 3.63) is 23.2 Å². The second-order valence-corrected chi connectivity index (χ2v) is 5.87. The molecule has 0 atom stereocenters. The van der Waals surface area contributed by atoms with Crippen molar-refractivity contribution in [2.45, 2.75) is 19.1 Å². The van der Waals surface area contributed by atoms with Crippen LogP contribution < -0.4 is 4.72 Å². The van der Waals surface area contributed by atoms with Crippen LogP contribution in [0.3, 0.4) is 0 Å². The smallest absolute Gasteiger partial charge is 0.266 e. The summed E-state index contributed by atoms with van der Waals surface area (Å²) in [5.41, 5.74) is -0.103. The third-order valence-corrected chi connectivity index (χ3v) is 3.61. The van der Waals surface area contributed by atoms with Crippen molar-refractivity contribution in [1.29, 1.82) is 0 Å². The first-order valence-electron chi connectivity index (χ1n) is 4.36. The van der Waals surface area contributed by atoms with Crippen LogP contribution in [-0.2, 0) is 10.0 Å². The highest BCUT2D eigenvalue weighted by Gasteiger charge is 2.20. The lowest BCUT2D eigenvalue weighted by atomic mass is 10.4. The third kappa shape index (κ3) is 3.14. The summed E-state index contributed by atoms with van der Waals surface area (Å²) < 4.78 is 24.6. The number of hydrogen-bond donors (Lipinski definition) is 1. The molecule has 0 radical (unpaired) electrons. The molecule has 0 aliphatic heterocycles. The summed E-state index contributed by atoms with van der Waals surface area (Å²) >= 11 is 5.48. The number of carbonyl (C=O) groups excluding carboxylic acids is 1. The number of sulfonamides is 1. The van der Waals surface area contributed by atoms with Crippen molar-refractivity contribution in [3.8, 4) is 0 Å². The maximum absolute atomic E-state index is 11.4. The van der Waals surface area contributed by atoms with Crippen LogP contribution in [-0.4, -0.2) is 29.5 Å². The lowest BCUT2D eigenvalue weighted by molar-refractivity contribution is 0.0976. The predicted octanol–water partition coefficient (Wildman–Crippen LogP) is 0.598. The van der Waals surface area contributed by atoms with Gasteiger partial charge in [0.2, 0.25) is 10.0 Å². The summed E-state index contributed by atoms with van der Waals surface area (Å²) in [6.45, 7) is 2.92. The molecule has 8 heteroatoms. The number of halogens is 1. The van der Waals surface area contributed by atoms with E-state index in [-0.39, 0.29) is 10.8 Å². The molecule has 1 heterocycles. The van der Waals surface area contributed by atoms with E-state index in [1.807, 2.05) is 4.72 Å². The Morgan fingerprint density at radius 3 is 2.44 bits per heavy atom. The van der Waals surface area contributed by atoms with Crippen LogP contribution in [0, 0.1) is 0 Å². The first-order valence-corrected chi connectivity index (χ1v) is 6.29. The van der Waals surface area contributed by atoms with Gasteiger partial charge >= 0.3 is 0 Å². The van der Waals surface area contributed by atoms with Crippen LogP contribution in [0.25, 0.3) is 0 Å². The van der Waals surface area contributed by atoms with Crippen LogP contribution in [0.5, 0.6) is 0 Å². The van der Waals surface area contributed by atoms with Crippen LogP contribution in [0.15, 0.2) is 12.4 Å². The molecule has 0 fully saturated rings. The van der Waals surface area contributed by atoms with E-state index in [1.165, 1.54) is 20.0 Å². The Morgan fingerprint density at radius 2 is 2.00 bits per heavy atom. The Labute approximate surface area is 98.1 Å². The molecule has 1 amide bonds. The van der Waals surface area contributed by atoms with Crippen LogP contribution in [0.1, 0.15) is 24.3 Å². The summed E-state index contributed by atoms with van der Waals surface area (Å²) in [7, 11) is -3.66. The Bertz CT molecular complexity index is 484. The normalized spacial score (nSPS) is 11.5. The van der Waals surface area contributed by atoms with Gasteiger partial charge in [-0.25, -0.2) is 23.1 Å². The van der Waals surface area contributed by atoms with Crippen molar-refractivity contribution in [1.82, 2.24) is 14.7 Å². The fourth-order valence-electron chi connectivity index (χ4n) is 0.729. The minimum Gasteiger partial charge on any atom is -0.266 e. The van der Waals surface area contributed by atoms with E-state index in [0.717, 1.165) is 6.20 Å². The zero-order valence-corrected chi connectivity index (χ0v) is 10.2. The van der Waals surface area contributed by atoms with Crippen LogP contribution in [0.4, 0.5) is 0 Å². The van der Waals surface area contributed by atoms with E-state index in [4.69, 9.17) is 11.6 Å². The maximum atomic E-state index is 11.4. The monoisotopic (exact) mass is 263 g/mol. The van der Waals surface area contributed by atoms with E-state index in [9.17, 15) is 13.2 Å². The molecule has 0 aromatic carbocycles. The molecule has 6 nitrogen and oxygen atoms in total. The average molecular weight is 264 g/mol. The van der Waals surface area contributed by atoms with Crippen molar-refractivity contribution in [2.75, 3.05) is 0 Å². The highest BCUT2D eigenvalue weighted by molar-refractivity contribution is 7.90. The van der Waals surface area contributed by atoms with Gasteiger partial charge < -0.3 is 0 Å². The summed E-state index contributed by atoms with van der Waals surface area (Å²) in [5, 5.41) is -0.569. The number of hydrogen-bond acceptors (Lipinski definition) is 5. The summed E-state index contributed by atoms with van der Waals surface area (Å²) in [5.74, 6) is -0.821. The molecule has 88 valence electrons. The van der Waals surface area contributed by atoms with Gasteiger partial charge in [0.25, 0.3) is 5.91 Å². The molecule has 1 aromatic heterocycles. The Balaban J connectivity index is 2.85. The lowest BCUT2D eigenvalue weighted by Gasteiger charge is -2.08. The average Bonchev–Trinajstić information content (AvgIpc) is 2.17. The minimum atomic E-state index is -3.66. The molecule has 16 heavy (non-hydrogen) atoms. The molecule has 0 bridgehead atoms. The molecule has 0 spiro atoms. The standard InChI is InChI=1S/C8H10ClN3O3S/c1-5(2)16(14,15)12-8(13)6-3-11-7(9)4-10-6/h3-5H,1-2H3,(H,12,13). The van der Waals surface area contributed by atoms with Gasteiger partial charge in [0.15, 0.2) is 0 Å². The summed E-state index contributed by atoms with van der Waals surface area (Å²) in [4.78, 5) is 18.7. The predicted molar refractivity (Wildman–Crippen MR) is 58.6 cm³/mol. The molecule has 1 N–H and O–H groups in total. The molecule has 0 saturated heterocycles. The zero-order chi connectivity index (χ0) is 12.3. The van der Waals surface area contributed by atoms with Crippen LogP contribution in [0.2, 0.25) is 5.15 Å². The van der Waals surface area contributed by atoms with E-state index < -0.39 is 21.2 Å². The molecule has 1 rings (SSSR count). The van der Waals surface area contributed by atoms with E-state index in [0.29, 0.717) is 0 Å². The largest absolute Gasteiger partial charge is 0.284 e. The highest BCUT2D eigenvalue weighted by atomic mass is 35.5. The van der Waals surface area contributed by atoms with E-state index >= 15 is 0 Å². The molecule has 0 unspecified atom stereocenters. The summed E-state index contributed by atoms with van der Waals surface area (Å²) in [6.07, 6.45) is 2.27. The first kappa shape index (κ1) is 12.9. The Hall–Kier alpha value is -1.21. The Kier molecular flexibility index (Phi) is 3.82. The number of nitrogens with one attached hydrogen (secondary N) is 1. The molecule has 0 saturated carbocycles. The third-order valence-electron chi connectivity index (χ3n) is 1.71. The minimum absolute atomic E-state index is 0.103. The number of nitrogens with zero attached hydrogens (tertiary/aromatic N) is 2. The second kappa shape index (κ2) is 4.75. The Morgan fingerprint density at radius 1 is 1.38 bits per heavy atom. The van der Waals surface area contributed by atoms with Gasteiger partial charge in [-0.1, -0.05) is 11.6 Å². The molecular weight excluding hydrogens is 254 g/mol. The topological polar surface area (TPSA) is 89.0 Å². The van der Waals surface area contributed by atoms with Crippen molar-refractivity contribution in [3.63, 3.8) is 0 Å². The zero-order valence-electron chi connectivity index (χ0n) is 8.64. The van der Waals surface area contributed by atoms with E-state index in [1.54, 1.807) is 0 Å². The maximum Gasteiger partial charge on any atom is 0.284 e. The fraction of sp³-hybridized carbons (Fsp3) is 0.375. The SMILES string of the molecule is CC(C)S(=O)(=O)NC(=O)c1cnc(Cl)cn1. The number of amides is 1. The first-order chi connectivity index (χ1) is 7.33. The van der Waals surface area contributed by atoms with Gasteiger partial charge in [-0.2, -0.15) is 0 Å². The molecular formula is C8H10ClN3O3S. The number of rotatable bonds is 3. The molecule has 1 aromatic rings. The van der Waals surface area contributed by atoms with Gasteiger partial charge in [-0.05, 0) is 13.8 Å². The second-order valence-electron chi connectivity index (χ2n) is 3.25. The lowest BCUT2D eigenvalue weighted by Crippen LogP contribution is -2.36. The van der Waals surface area contributed by atoms with Crippen molar-refractivity contribution >= 4 is 27.5 Å². The summed E-state index contributed by atoms with van der Waals surface area (Å²) in [6, 6.07) is 0. The van der Waals surface area contributed by atoms with E-state index in [2.05, 4.69) is 9.97 Å².